The highest BCUT2D eigenvalue weighted by atomic mass is 35.5. The molecule has 0 aliphatic heterocycles. The second kappa shape index (κ2) is 9.96. The van der Waals surface area contributed by atoms with Crippen LogP contribution in [-0.2, 0) is 11.3 Å². The lowest BCUT2D eigenvalue weighted by Crippen LogP contribution is -2.02. The van der Waals surface area contributed by atoms with E-state index in [0.717, 1.165) is 22.6 Å². The van der Waals surface area contributed by atoms with Crippen LogP contribution in [-0.4, -0.2) is 19.3 Å². The van der Waals surface area contributed by atoms with Gasteiger partial charge in [-0.1, -0.05) is 35.3 Å². The maximum Gasteiger partial charge on any atom is 0.337 e. The number of esters is 1. The van der Waals surface area contributed by atoms with Crippen molar-refractivity contribution in [2.24, 2.45) is 5.10 Å². The first kappa shape index (κ1) is 20.7. The number of carbonyl (C=O) groups is 1. The van der Waals surface area contributed by atoms with E-state index in [1.165, 1.54) is 7.11 Å². The molecular weight excluding hydrogens is 411 g/mol. The topological polar surface area (TPSA) is 59.9 Å². The van der Waals surface area contributed by atoms with Crippen molar-refractivity contribution in [2.75, 3.05) is 12.5 Å². The van der Waals surface area contributed by atoms with Gasteiger partial charge in [0.05, 0.1) is 34.6 Å². The quantitative estimate of drug-likeness (QED) is 0.293. The lowest BCUT2D eigenvalue weighted by molar-refractivity contribution is 0.0600. The highest BCUT2D eigenvalue weighted by Crippen LogP contribution is 2.25. The van der Waals surface area contributed by atoms with Crippen LogP contribution in [0, 0.1) is 0 Å². The first-order valence-electron chi connectivity index (χ1n) is 8.69. The average molecular weight is 429 g/mol. The molecule has 0 fully saturated rings. The number of hydrogen-bond acceptors (Lipinski definition) is 5. The van der Waals surface area contributed by atoms with Gasteiger partial charge in [-0.15, -0.1) is 0 Å². The van der Waals surface area contributed by atoms with Gasteiger partial charge in [-0.05, 0) is 65.7 Å². The summed E-state index contributed by atoms with van der Waals surface area (Å²) in [6.45, 7) is 0.397. The molecule has 0 aliphatic carbocycles. The molecule has 0 saturated carbocycles. The van der Waals surface area contributed by atoms with Crippen molar-refractivity contribution in [1.29, 1.82) is 0 Å². The van der Waals surface area contributed by atoms with Crippen molar-refractivity contribution >= 4 is 41.1 Å². The predicted octanol–water partition coefficient (Wildman–Crippen LogP) is 5.81. The number of methoxy groups -OCH3 is 1. The van der Waals surface area contributed by atoms with Gasteiger partial charge in [0.25, 0.3) is 0 Å². The van der Waals surface area contributed by atoms with Crippen LogP contribution in [0.25, 0.3) is 0 Å². The number of anilines is 1. The van der Waals surface area contributed by atoms with E-state index < -0.39 is 0 Å². The van der Waals surface area contributed by atoms with E-state index in [1.54, 1.807) is 36.5 Å². The maximum atomic E-state index is 11.4. The molecule has 0 aromatic heterocycles. The Morgan fingerprint density at radius 3 is 2.38 bits per heavy atom. The number of hydrazone groups is 1. The summed E-state index contributed by atoms with van der Waals surface area (Å²) in [6.07, 6.45) is 1.69. The molecule has 0 heterocycles. The summed E-state index contributed by atoms with van der Waals surface area (Å²) in [7, 11) is 1.36. The summed E-state index contributed by atoms with van der Waals surface area (Å²) < 4.78 is 10.5. The van der Waals surface area contributed by atoms with E-state index in [-0.39, 0.29) is 5.97 Å². The van der Waals surface area contributed by atoms with Crippen LogP contribution in [0.1, 0.15) is 21.5 Å². The van der Waals surface area contributed by atoms with E-state index in [0.29, 0.717) is 22.2 Å². The first-order valence-corrected chi connectivity index (χ1v) is 9.45. The molecule has 5 nitrogen and oxygen atoms in total. The molecule has 0 unspecified atom stereocenters. The Labute approximate surface area is 178 Å². The Morgan fingerprint density at radius 2 is 1.72 bits per heavy atom. The Hall–Kier alpha value is -3.02. The Morgan fingerprint density at radius 1 is 1.00 bits per heavy atom. The summed E-state index contributed by atoms with van der Waals surface area (Å²) in [5.74, 6) is 0.375. The number of carbonyl (C=O) groups excluding carboxylic acids is 1. The summed E-state index contributed by atoms with van der Waals surface area (Å²) in [4.78, 5) is 11.4. The molecule has 0 atom stereocenters. The van der Waals surface area contributed by atoms with Crippen molar-refractivity contribution in [3.05, 3.63) is 93.5 Å². The predicted molar refractivity (Wildman–Crippen MR) is 116 cm³/mol. The van der Waals surface area contributed by atoms with Gasteiger partial charge in [0.2, 0.25) is 0 Å². The summed E-state index contributed by atoms with van der Waals surface area (Å²) in [6, 6.07) is 19.8. The zero-order valence-electron chi connectivity index (χ0n) is 15.6. The molecule has 0 saturated heterocycles. The minimum absolute atomic E-state index is 0.358. The minimum Gasteiger partial charge on any atom is -0.489 e. The van der Waals surface area contributed by atoms with E-state index >= 15 is 0 Å². The molecule has 0 bridgehead atoms. The van der Waals surface area contributed by atoms with E-state index in [4.69, 9.17) is 27.9 Å². The smallest absolute Gasteiger partial charge is 0.337 e. The number of ether oxygens (including phenoxy) is 2. The SMILES string of the molecule is COC(=O)c1ccc(COc2ccc(/C=N\Nc3ccc(Cl)c(Cl)c3)cc2)cc1. The molecule has 0 radical (unpaired) electrons. The van der Waals surface area contributed by atoms with E-state index in [1.807, 2.05) is 36.4 Å². The van der Waals surface area contributed by atoms with Crippen molar-refractivity contribution < 1.29 is 14.3 Å². The normalized spacial score (nSPS) is 10.7. The fourth-order valence-corrected chi connectivity index (χ4v) is 2.72. The second-order valence-corrected chi connectivity index (χ2v) is 6.86. The van der Waals surface area contributed by atoms with Crippen LogP contribution in [0.3, 0.4) is 0 Å². The van der Waals surface area contributed by atoms with Gasteiger partial charge in [-0.25, -0.2) is 4.79 Å². The monoisotopic (exact) mass is 428 g/mol. The molecule has 148 valence electrons. The molecule has 0 amide bonds. The number of nitrogens with one attached hydrogen (secondary N) is 1. The molecule has 29 heavy (non-hydrogen) atoms. The zero-order chi connectivity index (χ0) is 20.6. The largest absolute Gasteiger partial charge is 0.489 e. The third-order valence-electron chi connectivity index (χ3n) is 3.99. The van der Waals surface area contributed by atoms with Gasteiger partial charge >= 0.3 is 5.97 Å². The molecule has 3 aromatic carbocycles. The summed E-state index contributed by atoms with van der Waals surface area (Å²) in [5.41, 5.74) is 6.02. The molecular formula is C22H18Cl2N2O3. The van der Waals surface area contributed by atoms with Crippen molar-refractivity contribution in [1.82, 2.24) is 0 Å². The highest BCUT2D eigenvalue weighted by molar-refractivity contribution is 6.42. The molecule has 3 rings (SSSR count). The van der Waals surface area contributed by atoms with Crippen LogP contribution in [0.5, 0.6) is 5.75 Å². The van der Waals surface area contributed by atoms with E-state index in [2.05, 4.69) is 15.3 Å². The average Bonchev–Trinajstić information content (AvgIpc) is 2.75. The van der Waals surface area contributed by atoms with Crippen molar-refractivity contribution in [2.45, 2.75) is 6.61 Å². The number of hydrogen-bond donors (Lipinski definition) is 1. The lowest BCUT2D eigenvalue weighted by Gasteiger charge is -2.07. The van der Waals surface area contributed by atoms with Gasteiger partial charge in [-0.3, -0.25) is 5.43 Å². The van der Waals surface area contributed by atoms with Gasteiger partial charge in [-0.2, -0.15) is 5.10 Å². The number of benzene rings is 3. The Kier molecular flexibility index (Phi) is 7.11. The molecule has 0 spiro atoms. The fraction of sp³-hybridized carbons (Fsp3) is 0.0909. The first-order chi connectivity index (χ1) is 14.0. The van der Waals surface area contributed by atoms with Crippen LogP contribution in [0.4, 0.5) is 5.69 Å². The summed E-state index contributed by atoms with van der Waals surface area (Å²) in [5, 5.41) is 5.14. The number of nitrogens with zero attached hydrogens (tertiary/aromatic N) is 1. The molecule has 0 aliphatic rings. The van der Waals surface area contributed by atoms with Gasteiger partial charge in [0, 0.05) is 0 Å². The second-order valence-electron chi connectivity index (χ2n) is 6.05. The van der Waals surface area contributed by atoms with Gasteiger partial charge in [0.15, 0.2) is 0 Å². The minimum atomic E-state index is -0.358. The van der Waals surface area contributed by atoms with Crippen LogP contribution < -0.4 is 10.2 Å². The Balaban J connectivity index is 1.51. The highest BCUT2D eigenvalue weighted by Gasteiger charge is 2.04. The maximum absolute atomic E-state index is 11.4. The molecule has 3 aromatic rings. The summed E-state index contributed by atoms with van der Waals surface area (Å²) >= 11 is 11.9. The van der Waals surface area contributed by atoms with Crippen molar-refractivity contribution in [3.8, 4) is 5.75 Å². The van der Waals surface area contributed by atoms with Crippen LogP contribution in [0.15, 0.2) is 71.8 Å². The zero-order valence-corrected chi connectivity index (χ0v) is 17.1. The third kappa shape index (κ3) is 5.98. The molecule has 7 heteroatoms. The van der Waals surface area contributed by atoms with Crippen molar-refractivity contribution in [3.63, 3.8) is 0 Å². The van der Waals surface area contributed by atoms with Gasteiger partial charge < -0.3 is 9.47 Å². The fourth-order valence-electron chi connectivity index (χ4n) is 2.42. The molecule has 1 N–H and O–H groups in total. The van der Waals surface area contributed by atoms with E-state index in [9.17, 15) is 4.79 Å². The van der Waals surface area contributed by atoms with Crippen LogP contribution in [0.2, 0.25) is 10.0 Å². The Bertz CT molecular complexity index is 1000. The third-order valence-corrected chi connectivity index (χ3v) is 4.73. The lowest BCUT2D eigenvalue weighted by atomic mass is 10.1. The van der Waals surface area contributed by atoms with Gasteiger partial charge in [0.1, 0.15) is 12.4 Å². The van der Waals surface area contributed by atoms with Crippen LogP contribution >= 0.6 is 23.2 Å². The number of halogens is 2. The standard InChI is InChI=1S/C22H18Cl2N2O3/c1-28-22(27)17-6-2-16(3-7-17)14-29-19-9-4-15(5-10-19)13-25-26-18-8-11-20(23)21(24)12-18/h2-13,26H,14H2,1H3/b25-13-. The number of rotatable bonds is 7.